The van der Waals surface area contributed by atoms with Crippen LogP contribution in [0.5, 0.6) is 0 Å². The lowest BCUT2D eigenvalue weighted by Crippen LogP contribution is -2.28. The molecule has 0 aliphatic rings. The average molecular weight is 270 g/mol. The van der Waals surface area contributed by atoms with Crippen molar-refractivity contribution in [2.24, 2.45) is 0 Å². The monoisotopic (exact) mass is 269 g/mol. The van der Waals surface area contributed by atoms with Crippen LogP contribution >= 0.6 is 15.9 Å². The SMILES string of the molecule is Cc1ccc(C(=O)N(C)CCBr)cc1C. The molecule has 0 fully saturated rings. The molecule has 0 saturated heterocycles. The van der Waals surface area contributed by atoms with Gasteiger partial charge in [0.2, 0.25) is 0 Å². The van der Waals surface area contributed by atoms with Crippen LogP contribution in [0.15, 0.2) is 18.2 Å². The molecule has 15 heavy (non-hydrogen) atoms. The van der Waals surface area contributed by atoms with Gasteiger partial charge < -0.3 is 4.90 Å². The summed E-state index contributed by atoms with van der Waals surface area (Å²) in [4.78, 5) is 13.6. The van der Waals surface area contributed by atoms with E-state index in [1.54, 1.807) is 4.90 Å². The fourth-order valence-electron chi connectivity index (χ4n) is 1.32. The molecule has 1 rings (SSSR count). The second-order valence-electron chi connectivity index (χ2n) is 3.71. The van der Waals surface area contributed by atoms with Crippen LogP contribution in [0.4, 0.5) is 0 Å². The van der Waals surface area contributed by atoms with Crippen molar-refractivity contribution in [1.82, 2.24) is 4.90 Å². The first-order chi connectivity index (χ1) is 7.06. The number of alkyl halides is 1. The van der Waals surface area contributed by atoms with Gasteiger partial charge in [-0.3, -0.25) is 4.79 Å². The number of halogens is 1. The molecule has 0 aliphatic heterocycles. The Hall–Kier alpha value is -0.830. The van der Waals surface area contributed by atoms with Crippen molar-refractivity contribution in [3.8, 4) is 0 Å². The first-order valence-corrected chi connectivity index (χ1v) is 6.07. The summed E-state index contributed by atoms with van der Waals surface area (Å²) < 4.78 is 0. The molecule has 0 atom stereocenters. The zero-order valence-corrected chi connectivity index (χ0v) is 11.0. The normalized spacial score (nSPS) is 10.1. The van der Waals surface area contributed by atoms with E-state index in [9.17, 15) is 4.79 Å². The number of carbonyl (C=O) groups excluding carboxylic acids is 1. The molecule has 0 aliphatic carbocycles. The van der Waals surface area contributed by atoms with E-state index >= 15 is 0 Å². The van der Waals surface area contributed by atoms with Crippen molar-refractivity contribution in [1.29, 1.82) is 0 Å². The predicted octanol–water partition coefficient (Wildman–Crippen LogP) is 2.77. The van der Waals surface area contributed by atoms with Crippen LogP contribution < -0.4 is 0 Å². The van der Waals surface area contributed by atoms with Crippen molar-refractivity contribution in [3.63, 3.8) is 0 Å². The quantitative estimate of drug-likeness (QED) is 0.773. The van der Waals surface area contributed by atoms with Gasteiger partial charge in [0.1, 0.15) is 0 Å². The van der Waals surface area contributed by atoms with Gasteiger partial charge in [-0.15, -0.1) is 0 Å². The molecule has 1 amide bonds. The van der Waals surface area contributed by atoms with Gasteiger partial charge in [0.15, 0.2) is 0 Å². The number of nitrogens with zero attached hydrogens (tertiary/aromatic N) is 1. The second kappa shape index (κ2) is 5.31. The maximum atomic E-state index is 11.9. The minimum absolute atomic E-state index is 0.0811. The van der Waals surface area contributed by atoms with Crippen LogP contribution in [0.2, 0.25) is 0 Å². The number of carbonyl (C=O) groups is 1. The fraction of sp³-hybridized carbons (Fsp3) is 0.417. The minimum atomic E-state index is 0.0811. The number of amides is 1. The predicted molar refractivity (Wildman–Crippen MR) is 66.7 cm³/mol. The van der Waals surface area contributed by atoms with Gasteiger partial charge in [0, 0.05) is 24.5 Å². The molecule has 3 heteroatoms. The zero-order chi connectivity index (χ0) is 11.4. The summed E-state index contributed by atoms with van der Waals surface area (Å²) in [5.41, 5.74) is 3.14. The first-order valence-electron chi connectivity index (χ1n) is 4.95. The number of hydrogen-bond donors (Lipinski definition) is 0. The summed E-state index contributed by atoms with van der Waals surface area (Å²) in [7, 11) is 1.82. The molecule has 82 valence electrons. The third kappa shape index (κ3) is 3.06. The molecule has 1 aromatic carbocycles. The third-order valence-corrected chi connectivity index (χ3v) is 2.88. The van der Waals surface area contributed by atoms with Crippen molar-refractivity contribution in [2.75, 3.05) is 18.9 Å². The molecule has 0 bridgehead atoms. The summed E-state index contributed by atoms with van der Waals surface area (Å²) in [6, 6.07) is 5.82. The van der Waals surface area contributed by atoms with Gasteiger partial charge in [-0.1, -0.05) is 22.0 Å². The Balaban J connectivity index is 2.87. The summed E-state index contributed by atoms with van der Waals surface area (Å²) in [6.07, 6.45) is 0. The van der Waals surface area contributed by atoms with E-state index in [0.29, 0.717) is 0 Å². The summed E-state index contributed by atoms with van der Waals surface area (Å²) >= 11 is 3.32. The number of rotatable bonds is 3. The Morgan fingerprint density at radius 3 is 2.53 bits per heavy atom. The third-order valence-electron chi connectivity index (χ3n) is 2.52. The van der Waals surface area contributed by atoms with Crippen LogP contribution in [0.3, 0.4) is 0 Å². The standard InChI is InChI=1S/C12H16BrNO/c1-9-4-5-11(8-10(9)2)12(15)14(3)7-6-13/h4-5,8H,6-7H2,1-3H3. The molecule has 1 aromatic rings. The highest BCUT2D eigenvalue weighted by atomic mass is 79.9. The molecular weight excluding hydrogens is 254 g/mol. The molecule has 0 heterocycles. The van der Waals surface area contributed by atoms with Crippen LogP contribution in [-0.2, 0) is 0 Å². The van der Waals surface area contributed by atoms with Crippen LogP contribution in [0, 0.1) is 13.8 Å². The summed E-state index contributed by atoms with van der Waals surface area (Å²) in [5, 5.41) is 0.806. The van der Waals surface area contributed by atoms with Crippen LogP contribution in [-0.4, -0.2) is 29.7 Å². The van der Waals surface area contributed by atoms with Crippen LogP contribution in [0.1, 0.15) is 21.5 Å². The Bertz CT molecular complexity index is 363. The van der Waals surface area contributed by atoms with E-state index in [4.69, 9.17) is 0 Å². The molecular formula is C12H16BrNO. The van der Waals surface area contributed by atoms with Crippen molar-refractivity contribution >= 4 is 21.8 Å². The van der Waals surface area contributed by atoms with Gasteiger partial charge in [0.05, 0.1) is 0 Å². The van der Waals surface area contributed by atoms with Crippen molar-refractivity contribution < 1.29 is 4.79 Å². The van der Waals surface area contributed by atoms with E-state index in [0.717, 1.165) is 23.0 Å². The largest absolute Gasteiger partial charge is 0.341 e. The molecule has 0 radical (unpaired) electrons. The molecule has 0 aromatic heterocycles. The van der Waals surface area contributed by atoms with Gasteiger partial charge in [-0.25, -0.2) is 0 Å². The van der Waals surface area contributed by atoms with Gasteiger partial charge in [0.25, 0.3) is 5.91 Å². The molecule has 0 spiro atoms. The lowest BCUT2D eigenvalue weighted by atomic mass is 10.1. The Morgan fingerprint density at radius 1 is 1.33 bits per heavy atom. The van der Waals surface area contributed by atoms with E-state index in [-0.39, 0.29) is 5.91 Å². The van der Waals surface area contributed by atoms with Crippen molar-refractivity contribution in [2.45, 2.75) is 13.8 Å². The average Bonchev–Trinajstić information content (AvgIpc) is 2.21. The maximum absolute atomic E-state index is 11.9. The van der Waals surface area contributed by atoms with E-state index in [1.807, 2.05) is 39.1 Å². The Labute approximate surface area is 99.4 Å². The molecule has 0 N–H and O–H groups in total. The van der Waals surface area contributed by atoms with Crippen molar-refractivity contribution in [3.05, 3.63) is 34.9 Å². The topological polar surface area (TPSA) is 20.3 Å². The first kappa shape index (κ1) is 12.2. The zero-order valence-electron chi connectivity index (χ0n) is 9.38. The Morgan fingerprint density at radius 2 is 2.00 bits per heavy atom. The molecule has 0 saturated carbocycles. The fourth-order valence-corrected chi connectivity index (χ4v) is 1.86. The van der Waals surface area contributed by atoms with E-state index in [1.165, 1.54) is 5.56 Å². The lowest BCUT2D eigenvalue weighted by molar-refractivity contribution is 0.0804. The summed E-state index contributed by atoms with van der Waals surface area (Å²) in [5.74, 6) is 0.0811. The number of aryl methyl sites for hydroxylation is 2. The number of hydrogen-bond acceptors (Lipinski definition) is 1. The van der Waals surface area contributed by atoms with Gasteiger partial charge in [-0.2, -0.15) is 0 Å². The highest BCUT2D eigenvalue weighted by molar-refractivity contribution is 9.09. The molecule has 2 nitrogen and oxygen atoms in total. The van der Waals surface area contributed by atoms with Gasteiger partial charge in [-0.05, 0) is 37.1 Å². The lowest BCUT2D eigenvalue weighted by Gasteiger charge is -2.16. The maximum Gasteiger partial charge on any atom is 0.253 e. The second-order valence-corrected chi connectivity index (χ2v) is 4.51. The highest BCUT2D eigenvalue weighted by Crippen LogP contribution is 2.11. The van der Waals surface area contributed by atoms with Gasteiger partial charge >= 0.3 is 0 Å². The smallest absolute Gasteiger partial charge is 0.253 e. The van der Waals surface area contributed by atoms with Crippen LogP contribution in [0.25, 0.3) is 0 Å². The molecule has 0 unspecified atom stereocenters. The highest BCUT2D eigenvalue weighted by Gasteiger charge is 2.10. The van der Waals surface area contributed by atoms with E-state index in [2.05, 4.69) is 15.9 Å². The minimum Gasteiger partial charge on any atom is -0.341 e. The number of benzene rings is 1. The van der Waals surface area contributed by atoms with E-state index < -0.39 is 0 Å². The summed E-state index contributed by atoms with van der Waals surface area (Å²) in [6.45, 7) is 4.80. The Kier molecular flexibility index (Phi) is 4.33.